The molecule has 0 aliphatic carbocycles. The fraction of sp³-hybridized carbons (Fsp3) is 0.364. The number of hydrogen-bond acceptors (Lipinski definition) is 5. The topological polar surface area (TPSA) is 71.1 Å². The van der Waals surface area contributed by atoms with Crippen LogP contribution in [0.15, 0.2) is 48.5 Å². The number of nitrogens with zero attached hydrogens (tertiary/aromatic N) is 2. The Labute approximate surface area is 182 Å². The molecule has 0 bridgehead atoms. The van der Waals surface area contributed by atoms with Gasteiger partial charge in [0.1, 0.15) is 5.75 Å². The lowest BCUT2D eigenvalue weighted by Gasteiger charge is -2.38. The van der Waals surface area contributed by atoms with Gasteiger partial charge in [0.25, 0.3) is 5.91 Å². The third kappa shape index (κ3) is 4.96. The Balaban J connectivity index is 1.45. The van der Waals surface area contributed by atoms with E-state index in [0.717, 1.165) is 12.1 Å². The van der Waals surface area contributed by atoms with Gasteiger partial charge in [-0.3, -0.25) is 9.59 Å². The second kappa shape index (κ2) is 9.07. The molecule has 2 amide bonds. The zero-order chi connectivity index (χ0) is 22.7. The number of anilines is 2. The molecule has 2 aromatic carbocycles. The molecule has 1 saturated heterocycles. The first-order valence-corrected chi connectivity index (χ1v) is 10.2. The van der Waals surface area contributed by atoms with Crippen LogP contribution in [0.2, 0.25) is 0 Å². The van der Waals surface area contributed by atoms with Crippen LogP contribution < -0.4 is 15.0 Å². The normalized spacial score (nSPS) is 18.5. The number of carbonyl (C=O) groups excluding carboxylic acids is 2. The minimum absolute atomic E-state index is 0.0890. The van der Waals surface area contributed by atoms with Gasteiger partial charge in [0.2, 0.25) is 5.91 Å². The number of morpholine rings is 1. The highest BCUT2D eigenvalue weighted by molar-refractivity contribution is 5.95. The maximum absolute atomic E-state index is 12.9. The van der Waals surface area contributed by atoms with Crippen LogP contribution in [-0.4, -0.2) is 62.2 Å². The molecule has 170 valence electrons. The average Bonchev–Trinajstić information content (AvgIpc) is 2.79. The quantitative estimate of drug-likeness (QED) is 0.778. The Morgan fingerprint density at radius 3 is 2.41 bits per heavy atom. The van der Waals surface area contributed by atoms with Gasteiger partial charge in [-0.25, -0.2) is 0 Å². The maximum Gasteiger partial charge on any atom is 0.416 e. The summed E-state index contributed by atoms with van der Waals surface area (Å²) in [5.41, 5.74) is 0.133. The number of nitrogens with one attached hydrogen (secondary N) is 1. The lowest BCUT2D eigenvalue weighted by molar-refractivity contribution is -0.142. The van der Waals surface area contributed by atoms with E-state index in [9.17, 15) is 22.8 Å². The van der Waals surface area contributed by atoms with Crippen molar-refractivity contribution in [2.45, 2.75) is 12.3 Å². The van der Waals surface area contributed by atoms with Crippen LogP contribution >= 0.6 is 0 Å². The minimum atomic E-state index is -4.44. The van der Waals surface area contributed by atoms with Crippen LogP contribution in [0.1, 0.15) is 5.56 Å². The summed E-state index contributed by atoms with van der Waals surface area (Å²) >= 11 is 0. The molecule has 2 aromatic rings. The van der Waals surface area contributed by atoms with Crippen LogP contribution in [0.25, 0.3) is 0 Å². The SMILES string of the molecule is O=C(CN1C[C@@H](C(=O)N2CCOCC2)Oc2ccccc21)Nc1ccc(C(F)(F)F)cc1. The van der Waals surface area contributed by atoms with E-state index in [2.05, 4.69) is 5.32 Å². The highest BCUT2D eigenvalue weighted by atomic mass is 19.4. The summed E-state index contributed by atoms with van der Waals surface area (Å²) in [5, 5.41) is 2.61. The number of hydrogen-bond donors (Lipinski definition) is 1. The van der Waals surface area contributed by atoms with Crippen molar-refractivity contribution in [3.63, 3.8) is 0 Å². The highest BCUT2D eigenvalue weighted by Crippen LogP contribution is 2.34. The first-order chi connectivity index (χ1) is 15.3. The van der Waals surface area contributed by atoms with Crippen LogP contribution in [0.4, 0.5) is 24.5 Å². The summed E-state index contributed by atoms with van der Waals surface area (Å²) in [7, 11) is 0. The molecule has 1 fully saturated rings. The molecule has 0 spiro atoms. The minimum Gasteiger partial charge on any atom is -0.477 e. The summed E-state index contributed by atoms with van der Waals surface area (Å²) < 4.78 is 49.4. The molecule has 0 unspecified atom stereocenters. The van der Waals surface area contributed by atoms with Crippen molar-refractivity contribution in [2.24, 2.45) is 0 Å². The highest BCUT2D eigenvalue weighted by Gasteiger charge is 2.35. The molecule has 1 N–H and O–H groups in total. The first-order valence-electron chi connectivity index (χ1n) is 10.2. The molecule has 1 atom stereocenters. The van der Waals surface area contributed by atoms with Gasteiger partial charge < -0.3 is 24.6 Å². The third-order valence-electron chi connectivity index (χ3n) is 5.29. The van der Waals surface area contributed by atoms with Gasteiger partial charge >= 0.3 is 6.18 Å². The second-order valence-electron chi connectivity index (χ2n) is 7.52. The monoisotopic (exact) mass is 449 g/mol. The third-order valence-corrected chi connectivity index (χ3v) is 5.29. The fourth-order valence-corrected chi connectivity index (χ4v) is 3.69. The van der Waals surface area contributed by atoms with Crippen LogP contribution in [0.5, 0.6) is 5.75 Å². The Morgan fingerprint density at radius 2 is 1.72 bits per heavy atom. The Kier molecular flexibility index (Phi) is 6.22. The zero-order valence-electron chi connectivity index (χ0n) is 17.1. The van der Waals surface area contributed by atoms with Gasteiger partial charge in [0, 0.05) is 18.8 Å². The number of halogens is 3. The molecular weight excluding hydrogens is 427 g/mol. The van der Waals surface area contributed by atoms with Crippen molar-refractivity contribution < 1.29 is 32.2 Å². The number of ether oxygens (including phenoxy) is 2. The summed E-state index contributed by atoms with van der Waals surface area (Å²) in [4.78, 5) is 29.0. The summed E-state index contributed by atoms with van der Waals surface area (Å²) in [5.74, 6) is -0.0947. The van der Waals surface area contributed by atoms with Crippen molar-refractivity contribution in [1.82, 2.24) is 4.90 Å². The number of amides is 2. The van der Waals surface area contributed by atoms with Gasteiger partial charge in [0.15, 0.2) is 6.10 Å². The van der Waals surface area contributed by atoms with E-state index in [1.165, 1.54) is 12.1 Å². The van der Waals surface area contributed by atoms with E-state index in [4.69, 9.17) is 9.47 Å². The van der Waals surface area contributed by atoms with Gasteiger partial charge in [-0.15, -0.1) is 0 Å². The molecule has 2 aliphatic rings. The molecule has 32 heavy (non-hydrogen) atoms. The van der Waals surface area contributed by atoms with Gasteiger partial charge in [-0.05, 0) is 36.4 Å². The summed E-state index contributed by atoms with van der Waals surface area (Å²) in [6.07, 6.45) is -5.22. The van der Waals surface area contributed by atoms with E-state index in [0.29, 0.717) is 37.7 Å². The van der Waals surface area contributed by atoms with E-state index >= 15 is 0 Å². The summed E-state index contributed by atoms with van der Waals surface area (Å²) in [6.45, 7) is 1.98. The molecule has 0 aromatic heterocycles. The van der Waals surface area contributed by atoms with Gasteiger partial charge in [-0.2, -0.15) is 13.2 Å². The summed E-state index contributed by atoms with van der Waals surface area (Å²) in [6, 6.07) is 11.3. The second-order valence-corrected chi connectivity index (χ2v) is 7.52. The number of benzene rings is 2. The number of para-hydroxylation sites is 2. The van der Waals surface area contributed by atoms with Crippen molar-refractivity contribution in [3.05, 3.63) is 54.1 Å². The largest absolute Gasteiger partial charge is 0.477 e. The van der Waals surface area contributed by atoms with Crippen LogP contribution in [0, 0.1) is 0 Å². The average molecular weight is 449 g/mol. The van der Waals surface area contributed by atoms with Crippen LogP contribution in [0.3, 0.4) is 0 Å². The van der Waals surface area contributed by atoms with E-state index in [1.807, 2.05) is 0 Å². The van der Waals surface area contributed by atoms with Crippen molar-refractivity contribution in [3.8, 4) is 5.75 Å². The molecule has 10 heteroatoms. The number of carbonyl (C=O) groups is 2. The maximum atomic E-state index is 12.9. The lowest BCUT2D eigenvalue weighted by Crippen LogP contribution is -2.53. The smallest absolute Gasteiger partial charge is 0.416 e. The molecule has 2 heterocycles. The number of fused-ring (bicyclic) bond motifs is 1. The molecule has 7 nitrogen and oxygen atoms in total. The Bertz CT molecular complexity index is 975. The zero-order valence-corrected chi connectivity index (χ0v) is 17.1. The predicted molar refractivity (Wildman–Crippen MR) is 111 cm³/mol. The van der Waals surface area contributed by atoms with E-state index in [-0.39, 0.29) is 24.7 Å². The predicted octanol–water partition coefficient (Wildman–Crippen LogP) is 2.77. The molecule has 2 aliphatic heterocycles. The van der Waals surface area contributed by atoms with Gasteiger partial charge in [-0.1, -0.05) is 12.1 Å². The van der Waals surface area contributed by atoms with Crippen molar-refractivity contribution >= 4 is 23.2 Å². The molecule has 4 rings (SSSR count). The number of alkyl halides is 3. The van der Waals surface area contributed by atoms with Crippen LogP contribution in [-0.2, 0) is 20.5 Å². The first kappa shape index (κ1) is 21.9. The van der Waals surface area contributed by atoms with Crippen molar-refractivity contribution in [1.29, 1.82) is 0 Å². The Hall–Kier alpha value is -3.27. The Morgan fingerprint density at radius 1 is 1.03 bits per heavy atom. The standard InChI is InChI=1S/C22H22F3N3O4/c23-22(24,25)15-5-7-16(8-6-15)26-20(29)14-28-13-19(21(30)27-9-11-31-12-10-27)32-18-4-2-1-3-17(18)28/h1-8,19H,9-14H2,(H,26,29)/t19-/m0/s1. The number of rotatable bonds is 4. The van der Waals surface area contributed by atoms with E-state index < -0.39 is 23.8 Å². The molecular formula is C22H22F3N3O4. The lowest BCUT2D eigenvalue weighted by atomic mass is 10.1. The molecule has 0 radical (unpaired) electrons. The van der Waals surface area contributed by atoms with Gasteiger partial charge in [0.05, 0.1) is 37.6 Å². The van der Waals surface area contributed by atoms with E-state index in [1.54, 1.807) is 34.1 Å². The molecule has 0 saturated carbocycles. The fourth-order valence-electron chi connectivity index (χ4n) is 3.69. The van der Waals surface area contributed by atoms with Crippen molar-refractivity contribution in [2.75, 3.05) is 49.6 Å².